The van der Waals surface area contributed by atoms with E-state index in [0.29, 0.717) is 30.3 Å². The molecule has 1 fully saturated rings. The quantitative estimate of drug-likeness (QED) is 0.746. The topological polar surface area (TPSA) is 93.2 Å². The third-order valence-corrected chi connectivity index (χ3v) is 5.01. The third-order valence-electron chi connectivity index (χ3n) is 5.01. The number of carbonyl (C=O) groups excluding carboxylic acids is 1. The Kier molecular flexibility index (Phi) is 4.92. The van der Waals surface area contributed by atoms with E-state index in [1.807, 2.05) is 42.2 Å². The fourth-order valence-electron chi connectivity index (χ4n) is 3.38. The average Bonchev–Trinajstić information content (AvgIpc) is 3.24. The molecule has 8 heteroatoms. The van der Waals surface area contributed by atoms with Gasteiger partial charge in [0.05, 0.1) is 11.9 Å². The van der Waals surface area contributed by atoms with Crippen molar-refractivity contribution >= 4 is 17.4 Å². The van der Waals surface area contributed by atoms with E-state index in [1.165, 1.54) is 5.69 Å². The molecule has 1 atom stereocenters. The molecule has 1 aliphatic rings. The van der Waals surface area contributed by atoms with Crippen molar-refractivity contribution in [1.29, 1.82) is 0 Å². The third kappa shape index (κ3) is 3.66. The van der Waals surface area contributed by atoms with E-state index in [4.69, 9.17) is 5.73 Å². The Hall–Kier alpha value is -3.42. The molecule has 2 N–H and O–H groups in total. The van der Waals surface area contributed by atoms with Crippen LogP contribution in [0.25, 0.3) is 11.4 Å². The number of hydrogen-bond acceptors (Lipinski definition) is 6. The number of amides is 1. The van der Waals surface area contributed by atoms with Gasteiger partial charge in [0, 0.05) is 31.9 Å². The zero-order chi connectivity index (χ0) is 19.5. The van der Waals surface area contributed by atoms with Gasteiger partial charge in [0.15, 0.2) is 0 Å². The van der Waals surface area contributed by atoms with Crippen molar-refractivity contribution in [1.82, 2.24) is 24.9 Å². The molecule has 8 nitrogen and oxygen atoms in total. The predicted molar refractivity (Wildman–Crippen MR) is 108 cm³/mol. The molecule has 4 rings (SSSR count). The molecule has 1 unspecified atom stereocenters. The zero-order valence-electron chi connectivity index (χ0n) is 15.8. The number of rotatable bonds is 4. The molecular weight excluding hydrogens is 354 g/mol. The van der Waals surface area contributed by atoms with E-state index >= 15 is 0 Å². The highest BCUT2D eigenvalue weighted by Gasteiger charge is 2.27. The lowest BCUT2D eigenvalue weighted by molar-refractivity contribution is -0.134. The van der Waals surface area contributed by atoms with Crippen LogP contribution in [0.15, 0.2) is 54.7 Å². The van der Waals surface area contributed by atoms with Gasteiger partial charge >= 0.3 is 0 Å². The lowest BCUT2D eigenvalue weighted by atomic mass is 10.2. The number of nitrogens with two attached hydrogens (primary N) is 1. The van der Waals surface area contributed by atoms with Crippen LogP contribution in [0.1, 0.15) is 13.0 Å². The van der Waals surface area contributed by atoms with E-state index in [9.17, 15) is 4.79 Å². The molecule has 144 valence electrons. The summed E-state index contributed by atoms with van der Waals surface area (Å²) in [5, 5.41) is 8.27. The molecule has 0 aliphatic carbocycles. The molecule has 3 aromatic rings. The summed E-state index contributed by atoms with van der Waals surface area (Å²) in [5.41, 5.74) is 8.16. The molecule has 28 heavy (non-hydrogen) atoms. The van der Waals surface area contributed by atoms with Crippen molar-refractivity contribution < 1.29 is 4.79 Å². The minimum absolute atomic E-state index is 0.0460. The van der Waals surface area contributed by atoms with Crippen LogP contribution < -0.4 is 10.6 Å². The van der Waals surface area contributed by atoms with E-state index in [1.54, 1.807) is 16.9 Å². The first-order valence-corrected chi connectivity index (χ1v) is 9.35. The van der Waals surface area contributed by atoms with Crippen molar-refractivity contribution in [2.45, 2.75) is 13.0 Å². The van der Waals surface area contributed by atoms with Gasteiger partial charge in [-0.05, 0) is 31.2 Å². The Balaban J connectivity index is 1.40. The molecular formula is C20H23N7O. The number of para-hydroxylation sites is 1. The molecule has 1 saturated heterocycles. The van der Waals surface area contributed by atoms with Gasteiger partial charge in [-0.3, -0.25) is 4.79 Å². The van der Waals surface area contributed by atoms with Gasteiger partial charge in [0.25, 0.3) is 0 Å². The number of piperazine rings is 1. The number of hydrogen-bond donors (Lipinski definition) is 1. The maximum Gasteiger partial charge on any atom is 0.247 e. The Morgan fingerprint density at radius 1 is 1.00 bits per heavy atom. The first-order chi connectivity index (χ1) is 13.6. The lowest BCUT2D eigenvalue weighted by Gasteiger charge is -2.37. The highest BCUT2D eigenvalue weighted by Crippen LogP contribution is 2.19. The number of nitrogen functional groups attached to an aromatic ring is 1. The van der Waals surface area contributed by atoms with Crippen molar-refractivity contribution in [2.24, 2.45) is 0 Å². The number of aromatic nitrogens is 4. The maximum atomic E-state index is 12.9. The number of anilines is 2. The number of nitrogens with zero attached hydrogens (tertiary/aromatic N) is 6. The first-order valence-electron chi connectivity index (χ1n) is 9.35. The standard InChI is InChI=1S/C20H23N7O/c1-15(27-14-18(23-24-27)17-8-5-9-19(21)22-17)20(28)26-12-10-25(11-13-26)16-6-3-2-4-7-16/h2-9,14-15H,10-13H2,1H3,(H2,21,22). The van der Waals surface area contributed by atoms with Crippen LogP contribution in [0.3, 0.4) is 0 Å². The number of carbonyl (C=O) groups is 1. The summed E-state index contributed by atoms with van der Waals surface area (Å²) >= 11 is 0. The molecule has 0 spiro atoms. The van der Waals surface area contributed by atoms with E-state index in [2.05, 4.69) is 32.3 Å². The van der Waals surface area contributed by atoms with Crippen molar-refractivity contribution in [3.05, 3.63) is 54.7 Å². The first kappa shape index (κ1) is 18.0. The highest BCUT2D eigenvalue weighted by atomic mass is 16.2. The van der Waals surface area contributed by atoms with Crippen LogP contribution >= 0.6 is 0 Å². The maximum absolute atomic E-state index is 12.9. The second-order valence-electron chi connectivity index (χ2n) is 6.86. The second kappa shape index (κ2) is 7.67. The minimum Gasteiger partial charge on any atom is -0.384 e. The van der Waals surface area contributed by atoms with Gasteiger partial charge in [-0.1, -0.05) is 29.5 Å². The van der Waals surface area contributed by atoms with Crippen LogP contribution in [0.5, 0.6) is 0 Å². The minimum atomic E-state index is -0.425. The van der Waals surface area contributed by atoms with Crippen LogP contribution in [0.2, 0.25) is 0 Å². The van der Waals surface area contributed by atoms with Gasteiger partial charge in [0.1, 0.15) is 17.6 Å². The number of pyridine rings is 1. The molecule has 1 amide bonds. The van der Waals surface area contributed by atoms with Crippen molar-refractivity contribution in [3.8, 4) is 11.4 Å². The monoisotopic (exact) mass is 377 g/mol. The normalized spacial score (nSPS) is 15.5. The summed E-state index contributed by atoms with van der Waals surface area (Å²) in [7, 11) is 0. The van der Waals surface area contributed by atoms with Gasteiger partial charge < -0.3 is 15.5 Å². The summed E-state index contributed by atoms with van der Waals surface area (Å²) in [6.45, 7) is 4.86. The fraction of sp³-hybridized carbons (Fsp3) is 0.300. The van der Waals surface area contributed by atoms with E-state index < -0.39 is 6.04 Å². The highest BCUT2D eigenvalue weighted by molar-refractivity contribution is 5.80. The Labute approximate surface area is 163 Å². The van der Waals surface area contributed by atoms with Crippen LogP contribution in [0, 0.1) is 0 Å². The summed E-state index contributed by atoms with van der Waals surface area (Å²) in [6, 6.07) is 15.2. The Bertz CT molecular complexity index is 948. The van der Waals surface area contributed by atoms with Crippen molar-refractivity contribution in [2.75, 3.05) is 36.8 Å². The van der Waals surface area contributed by atoms with Gasteiger partial charge in [-0.25, -0.2) is 9.67 Å². The molecule has 2 aromatic heterocycles. The largest absolute Gasteiger partial charge is 0.384 e. The van der Waals surface area contributed by atoms with Gasteiger partial charge in [-0.2, -0.15) is 0 Å². The number of benzene rings is 1. The van der Waals surface area contributed by atoms with E-state index in [0.717, 1.165) is 13.1 Å². The van der Waals surface area contributed by atoms with Crippen molar-refractivity contribution in [3.63, 3.8) is 0 Å². The summed E-state index contributed by atoms with van der Waals surface area (Å²) in [6.07, 6.45) is 1.74. The SMILES string of the molecule is CC(C(=O)N1CCN(c2ccccc2)CC1)n1cc(-c2cccc(N)n2)nn1. The second-order valence-corrected chi connectivity index (χ2v) is 6.86. The summed E-state index contributed by atoms with van der Waals surface area (Å²) < 4.78 is 1.59. The average molecular weight is 377 g/mol. The molecule has 0 saturated carbocycles. The zero-order valence-corrected chi connectivity index (χ0v) is 15.8. The fourth-order valence-corrected chi connectivity index (χ4v) is 3.38. The summed E-state index contributed by atoms with van der Waals surface area (Å²) in [4.78, 5) is 21.4. The van der Waals surface area contributed by atoms with Gasteiger partial charge in [0.2, 0.25) is 5.91 Å². The van der Waals surface area contributed by atoms with Crippen LogP contribution in [-0.2, 0) is 4.79 Å². The van der Waals surface area contributed by atoms with Crippen LogP contribution in [-0.4, -0.2) is 57.0 Å². The summed E-state index contributed by atoms with van der Waals surface area (Å²) in [5.74, 6) is 0.470. The van der Waals surface area contributed by atoms with E-state index in [-0.39, 0.29) is 5.91 Å². The lowest BCUT2D eigenvalue weighted by Crippen LogP contribution is -2.50. The Morgan fingerprint density at radius 2 is 1.75 bits per heavy atom. The molecule has 0 bridgehead atoms. The molecule has 1 aliphatic heterocycles. The Morgan fingerprint density at radius 3 is 2.46 bits per heavy atom. The smallest absolute Gasteiger partial charge is 0.247 e. The van der Waals surface area contributed by atoms with Gasteiger partial charge in [-0.15, -0.1) is 5.10 Å². The van der Waals surface area contributed by atoms with Crippen LogP contribution in [0.4, 0.5) is 11.5 Å². The molecule has 3 heterocycles. The predicted octanol–water partition coefficient (Wildman–Crippen LogP) is 1.83. The molecule has 0 radical (unpaired) electrons. The molecule has 1 aromatic carbocycles.